The van der Waals surface area contributed by atoms with Gasteiger partial charge in [0.05, 0.1) is 6.61 Å². The average molecular weight is 304 g/mol. The predicted molar refractivity (Wildman–Crippen MR) is 75.6 cm³/mol. The van der Waals surface area contributed by atoms with Gasteiger partial charge in [-0.3, -0.25) is 9.82 Å². The topological polar surface area (TPSA) is 81.4 Å². The molecule has 3 rings (SSSR count). The molecule has 6 nitrogen and oxygen atoms in total. The Morgan fingerprint density at radius 1 is 1.19 bits per heavy atom. The van der Waals surface area contributed by atoms with Crippen LogP contribution >= 0.6 is 0 Å². The number of sulfonamides is 1. The Kier molecular flexibility index (Phi) is 3.70. The van der Waals surface area contributed by atoms with Crippen LogP contribution in [0.1, 0.15) is 5.56 Å². The van der Waals surface area contributed by atoms with E-state index in [1.165, 1.54) is 6.07 Å². The average Bonchev–Trinajstić information content (AvgIpc) is 2.93. The molecule has 0 saturated carbocycles. The summed E-state index contributed by atoms with van der Waals surface area (Å²) >= 11 is 0. The number of para-hydroxylation sites is 1. The van der Waals surface area contributed by atoms with Gasteiger partial charge in [-0.1, -0.05) is 29.2 Å². The van der Waals surface area contributed by atoms with Crippen LogP contribution in [-0.2, 0) is 21.5 Å². The van der Waals surface area contributed by atoms with Crippen LogP contribution in [0.4, 0.5) is 0 Å². The number of rotatable bonds is 5. The lowest BCUT2D eigenvalue weighted by Gasteiger charge is -2.04. The van der Waals surface area contributed by atoms with Gasteiger partial charge in [-0.25, -0.2) is 8.42 Å². The smallest absolute Gasteiger partial charge is 0.295 e. The Hall–Kier alpha value is -2.22. The number of hydrogen-bond donors (Lipinski definition) is 1. The van der Waals surface area contributed by atoms with Gasteiger partial charge < -0.3 is 4.42 Å². The molecule has 0 fully saturated rings. The van der Waals surface area contributed by atoms with Crippen LogP contribution < -0.4 is 4.89 Å². The highest BCUT2D eigenvalue weighted by atomic mass is 32.2. The van der Waals surface area contributed by atoms with Gasteiger partial charge in [0.1, 0.15) is 5.58 Å². The Morgan fingerprint density at radius 2 is 2.05 bits per heavy atom. The number of nitrogens with zero attached hydrogens (tertiary/aromatic N) is 1. The summed E-state index contributed by atoms with van der Waals surface area (Å²) in [6.45, 7) is 0.0767. The van der Waals surface area contributed by atoms with E-state index in [0.29, 0.717) is 11.0 Å². The molecule has 7 heteroatoms. The molecule has 0 bridgehead atoms. The maximum atomic E-state index is 12.0. The second kappa shape index (κ2) is 5.65. The number of benzene rings is 1. The highest BCUT2D eigenvalue weighted by Gasteiger charge is 2.19. The van der Waals surface area contributed by atoms with Crippen molar-refractivity contribution in [3.63, 3.8) is 0 Å². The highest BCUT2D eigenvalue weighted by molar-refractivity contribution is 7.89. The number of pyridine rings is 1. The first-order valence-electron chi connectivity index (χ1n) is 6.16. The Balaban J connectivity index is 1.71. The summed E-state index contributed by atoms with van der Waals surface area (Å²) in [5.74, 6) is 0. The van der Waals surface area contributed by atoms with Crippen molar-refractivity contribution in [3.8, 4) is 0 Å². The van der Waals surface area contributed by atoms with Crippen molar-refractivity contribution in [2.75, 3.05) is 0 Å². The van der Waals surface area contributed by atoms with Gasteiger partial charge >= 0.3 is 0 Å². The van der Waals surface area contributed by atoms with Gasteiger partial charge in [-0.15, -0.1) is 0 Å². The van der Waals surface area contributed by atoms with Crippen molar-refractivity contribution >= 4 is 21.0 Å². The molecule has 0 saturated heterocycles. The normalized spacial score (nSPS) is 11.8. The predicted octanol–water partition coefficient (Wildman–Crippen LogP) is 2.24. The summed E-state index contributed by atoms with van der Waals surface area (Å²) in [6, 6.07) is 12.0. The third-order valence-electron chi connectivity index (χ3n) is 2.80. The van der Waals surface area contributed by atoms with Crippen molar-refractivity contribution < 1.29 is 17.7 Å². The number of hydrogen-bond acceptors (Lipinski definition) is 5. The van der Waals surface area contributed by atoms with Gasteiger partial charge in [0.15, 0.2) is 0 Å². The minimum atomic E-state index is -3.85. The van der Waals surface area contributed by atoms with E-state index in [-0.39, 0.29) is 11.7 Å². The van der Waals surface area contributed by atoms with Gasteiger partial charge in [0.2, 0.25) is 5.09 Å². The van der Waals surface area contributed by atoms with Crippen LogP contribution in [-0.4, -0.2) is 13.4 Å². The minimum Gasteiger partial charge on any atom is -0.443 e. The zero-order chi connectivity index (χ0) is 14.7. The zero-order valence-corrected chi connectivity index (χ0v) is 11.7. The minimum absolute atomic E-state index is 0.0767. The summed E-state index contributed by atoms with van der Waals surface area (Å²) in [5, 5.41) is 0.528. The van der Waals surface area contributed by atoms with Crippen molar-refractivity contribution in [1.82, 2.24) is 9.87 Å². The van der Waals surface area contributed by atoms with Crippen molar-refractivity contribution in [2.45, 2.75) is 11.7 Å². The first kappa shape index (κ1) is 13.7. The largest absolute Gasteiger partial charge is 0.443 e. The quantitative estimate of drug-likeness (QED) is 0.731. The lowest BCUT2D eigenvalue weighted by Crippen LogP contribution is -2.23. The lowest BCUT2D eigenvalue weighted by atomic mass is 10.3. The molecule has 2 aromatic heterocycles. The van der Waals surface area contributed by atoms with Crippen LogP contribution in [0, 0.1) is 0 Å². The Bertz CT molecular complexity index is 811. The highest BCUT2D eigenvalue weighted by Crippen LogP contribution is 2.22. The third-order valence-corrected chi connectivity index (χ3v) is 3.87. The summed E-state index contributed by atoms with van der Waals surface area (Å²) in [7, 11) is -3.85. The van der Waals surface area contributed by atoms with Gasteiger partial charge in [0.25, 0.3) is 10.0 Å². The molecule has 0 unspecified atom stereocenters. The SMILES string of the molecule is O=S(=O)(NOCc1cccnc1)c1cc2ccccc2o1. The molecule has 0 radical (unpaired) electrons. The number of furan rings is 1. The van der Waals surface area contributed by atoms with Crippen LogP contribution in [0.5, 0.6) is 0 Å². The molecule has 0 aliphatic carbocycles. The maximum absolute atomic E-state index is 12.0. The molecule has 0 atom stereocenters. The van der Waals surface area contributed by atoms with Crippen molar-refractivity contribution in [1.29, 1.82) is 0 Å². The molecule has 0 spiro atoms. The number of aromatic nitrogens is 1. The van der Waals surface area contributed by atoms with E-state index in [2.05, 4.69) is 4.98 Å². The molecular weight excluding hydrogens is 292 g/mol. The fourth-order valence-electron chi connectivity index (χ4n) is 1.80. The number of fused-ring (bicyclic) bond motifs is 1. The second-order valence-electron chi connectivity index (χ2n) is 4.34. The molecule has 2 heterocycles. The molecular formula is C14H12N2O4S. The monoisotopic (exact) mass is 304 g/mol. The van der Waals surface area contributed by atoms with Crippen LogP contribution in [0.15, 0.2) is 64.4 Å². The lowest BCUT2D eigenvalue weighted by molar-refractivity contribution is 0.0783. The standard InChI is InChI=1S/C14H12N2O4S/c17-21(18,16-19-10-11-4-3-7-15-9-11)14-8-12-5-1-2-6-13(12)20-14/h1-9,16H,10H2. The fraction of sp³-hybridized carbons (Fsp3) is 0.0714. The fourth-order valence-corrected chi connectivity index (χ4v) is 2.58. The van der Waals surface area contributed by atoms with Crippen LogP contribution in [0.2, 0.25) is 0 Å². The summed E-state index contributed by atoms with van der Waals surface area (Å²) in [5.41, 5.74) is 1.26. The summed E-state index contributed by atoms with van der Waals surface area (Å²) in [6.07, 6.45) is 3.22. The molecule has 21 heavy (non-hydrogen) atoms. The van der Waals surface area contributed by atoms with E-state index in [1.807, 2.05) is 4.89 Å². The van der Waals surface area contributed by atoms with E-state index in [1.54, 1.807) is 48.8 Å². The van der Waals surface area contributed by atoms with Crippen LogP contribution in [0.3, 0.4) is 0 Å². The van der Waals surface area contributed by atoms with Gasteiger partial charge in [-0.2, -0.15) is 0 Å². The van der Waals surface area contributed by atoms with Crippen LogP contribution in [0.25, 0.3) is 11.0 Å². The van der Waals surface area contributed by atoms with Gasteiger partial charge in [-0.05, 0) is 17.7 Å². The molecule has 0 aliphatic rings. The molecule has 0 aliphatic heterocycles. The Morgan fingerprint density at radius 3 is 2.81 bits per heavy atom. The van der Waals surface area contributed by atoms with E-state index >= 15 is 0 Å². The van der Waals surface area contributed by atoms with E-state index in [4.69, 9.17) is 9.25 Å². The van der Waals surface area contributed by atoms with E-state index in [0.717, 1.165) is 5.56 Å². The first-order chi connectivity index (χ1) is 10.1. The van der Waals surface area contributed by atoms with E-state index < -0.39 is 10.0 Å². The third kappa shape index (κ3) is 3.10. The van der Waals surface area contributed by atoms with Crippen molar-refractivity contribution in [3.05, 3.63) is 60.4 Å². The molecule has 1 N–H and O–H groups in total. The zero-order valence-electron chi connectivity index (χ0n) is 10.9. The van der Waals surface area contributed by atoms with Crippen molar-refractivity contribution in [2.24, 2.45) is 0 Å². The Labute approximate surface area is 121 Å². The first-order valence-corrected chi connectivity index (χ1v) is 7.64. The summed E-state index contributed by atoms with van der Waals surface area (Å²) < 4.78 is 29.4. The second-order valence-corrected chi connectivity index (χ2v) is 5.92. The van der Waals surface area contributed by atoms with Gasteiger partial charge in [0, 0.05) is 23.8 Å². The number of nitrogens with one attached hydrogen (secondary N) is 1. The molecule has 108 valence electrons. The van der Waals surface area contributed by atoms with E-state index in [9.17, 15) is 8.42 Å². The molecule has 1 aromatic carbocycles. The molecule has 0 amide bonds. The molecule has 3 aromatic rings. The summed E-state index contributed by atoms with van der Waals surface area (Å²) in [4.78, 5) is 10.9. The maximum Gasteiger partial charge on any atom is 0.295 e.